The van der Waals surface area contributed by atoms with Gasteiger partial charge in [0.15, 0.2) is 0 Å². The van der Waals surface area contributed by atoms with Crippen molar-refractivity contribution < 1.29 is 27.9 Å². The Kier molecular flexibility index (Phi) is 8.37. The first-order valence-corrected chi connectivity index (χ1v) is 13.7. The molecule has 0 bridgehead atoms. The van der Waals surface area contributed by atoms with Gasteiger partial charge in [0.05, 0.1) is 17.7 Å². The van der Waals surface area contributed by atoms with E-state index in [4.69, 9.17) is 0 Å². The average Bonchev–Trinajstić information content (AvgIpc) is 3.44. The number of alkyl halides is 3. The van der Waals surface area contributed by atoms with Crippen molar-refractivity contribution >= 4 is 11.8 Å². The molecular formula is C30H32F3N5O3. The van der Waals surface area contributed by atoms with Crippen molar-refractivity contribution in [3.05, 3.63) is 83.9 Å². The summed E-state index contributed by atoms with van der Waals surface area (Å²) in [7, 11) is 0. The van der Waals surface area contributed by atoms with Gasteiger partial charge in [-0.1, -0.05) is 30.3 Å². The monoisotopic (exact) mass is 567 g/mol. The van der Waals surface area contributed by atoms with E-state index >= 15 is 0 Å². The van der Waals surface area contributed by atoms with E-state index < -0.39 is 23.2 Å². The molecule has 2 heterocycles. The lowest BCUT2D eigenvalue weighted by Gasteiger charge is -2.40. The van der Waals surface area contributed by atoms with Crippen LogP contribution >= 0.6 is 0 Å². The van der Waals surface area contributed by atoms with Gasteiger partial charge in [-0.25, -0.2) is 9.97 Å². The van der Waals surface area contributed by atoms with E-state index in [9.17, 15) is 27.9 Å². The first-order chi connectivity index (χ1) is 19.6. The highest BCUT2D eigenvalue weighted by Crippen LogP contribution is 2.40. The van der Waals surface area contributed by atoms with Crippen LogP contribution < -0.4 is 10.6 Å². The second-order valence-corrected chi connectivity index (χ2v) is 10.8. The highest BCUT2D eigenvalue weighted by atomic mass is 19.4. The van der Waals surface area contributed by atoms with Crippen LogP contribution in [0.5, 0.6) is 0 Å². The Balaban J connectivity index is 1.07. The summed E-state index contributed by atoms with van der Waals surface area (Å²) in [4.78, 5) is 35.2. The molecule has 0 spiro atoms. The molecule has 2 aliphatic rings. The number of carbonyl (C=O) groups excluding carboxylic acids is 2. The van der Waals surface area contributed by atoms with Gasteiger partial charge in [-0.2, -0.15) is 13.2 Å². The molecule has 1 atom stereocenters. The number of halogens is 3. The average molecular weight is 568 g/mol. The molecular weight excluding hydrogens is 535 g/mol. The van der Waals surface area contributed by atoms with Gasteiger partial charge in [0.2, 0.25) is 5.91 Å². The summed E-state index contributed by atoms with van der Waals surface area (Å²) >= 11 is 0. The van der Waals surface area contributed by atoms with Crippen LogP contribution in [0.1, 0.15) is 53.6 Å². The van der Waals surface area contributed by atoms with Crippen LogP contribution in [0.2, 0.25) is 0 Å². The summed E-state index contributed by atoms with van der Waals surface area (Å²) in [6.07, 6.45) is 4.15. The van der Waals surface area contributed by atoms with Gasteiger partial charge in [-0.15, -0.1) is 0 Å². The molecule has 1 aromatic heterocycles. The zero-order valence-corrected chi connectivity index (χ0v) is 22.4. The normalized spacial score (nSPS) is 23.2. The lowest BCUT2D eigenvalue weighted by atomic mass is 9.77. The Bertz CT molecular complexity index is 1360. The Morgan fingerprint density at radius 3 is 2.39 bits per heavy atom. The largest absolute Gasteiger partial charge is 0.416 e. The maximum absolute atomic E-state index is 12.9. The number of likely N-dealkylation sites (tertiary alicyclic amines) is 1. The summed E-state index contributed by atoms with van der Waals surface area (Å²) in [5, 5.41) is 16.7. The van der Waals surface area contributed by atoms with Crippen LogP contribution in [0.4, 0.5) is 13.2 Å². The van der Waals surface area contributed by atoms with Crippen LogP contribution in [0, 0.1) is 0 Å². The molecule has 41 heavy (non-hydrogen) atoms. The second kappa shape index (κ2) is 12.0. The third kappa shape index (κ3) is 6.91. The molecule has 1 aliphatic carbocycles. The molecule has 1 saturated carbocycles. The van der Waals surface area contributed by atoms with Crippen molar-refractivity contribution in [2.24, 2.45) is 0 Å². The maximum atomic E-state index is 12.9. The molecule has 3 N–H and O–H groups in total. The summed E-state index contributed by atoms with van der Waals surface area (Å²) in [5.74, 6) is -1.13. The number of rotatable bonds is 7. The molecule has 3 aromatic rings. The first kappa shape index (κ1) is 28.7. The molecule has 216 valence electrons. The molecule has 1 unspecified atom stereocenters. The fourth-order valence-corrected chi connectivity index (χ4v) is 5.77. The molecule has 2 amide bonds. The summed E-state index contributed by atoms with van der Waals surface area (Å²) in [6.45, 7) is 1.17. The summed E-state index contributed by atoms with van der Waals surface area (Å²) in [5.41, 5.74) is 0.857. The van der Waals surface area contributed by atoms with Gasteiger partial charge >= 0.3 is 6.18 Å². The number of carbonyl (C=O) groups is 2. The number of nitrogens with one attached hydrogen (secondary N) is 2. The zero-order valence-electron chi connectivity index (χ0n) is 22.4. The number of aromatic nitrogens is 2. The number of hydrogen-bond acceptors (Lipinski definition) is 6. The highest BCUT2D eigenvalue weighted by Gasteiger charge is 2.38. The van der Waals surface area contributed by atoms with E-state index in [1.807, 2.05) is 24.3 Å². The first-order valence-electron chi connectivity index (χ1n) is 13.7. The fourth-order valence-electron chi connectivity index (χ4n) is 5.77. The van der Waals surface area contributed by atoms with Gasteiger partial charge in [0.1, 0.15) is 6.33 Å². The van der Waals surface area contributed by atoms with E-state index in [1.54, 1.807) is 12.4 Å². The van der Waals surface area contributed by atoms with Gasteiger partial charge in [-0.05, 0) is 61.4 Å². The Morgan fingerprint density at radius 1 is 1.00 bits per heavy atom. The number of aliphatic hydroxyl groups is 1. The van der Waals surface area contributed by atoms with Crippen molar-refractivity contribution in [1.82, 2.24) is 25.5 Å². The van der Waals surface area contributed by atoms with Crippen LogP contribution in [-0.2, 0) is 16.6 Å². The van der Waals surface area contributed by atoms with Crippen LogP contribution in [0.25, 0.3) is 11.1 Å². The maximum Gasteiger partial charge on any atom is 0.416 e. The Hall–Kier alpha value is -3.83. The van der Waals surface area contributed by atoms with Crippen molar-refractivity contribution in [3.8, 4) is 11.1 Å². The van der Waals surface area contributed by atoms with Crippen molar-refractivity contribution in [2.45, 2.75) is 56.0 Å². The molecule has 1 saturated heterocycles. The Labute approximate surface area is 236 Å². The second-order valence-electron chi connectivity index (χ2n) is 10.8. The third-order valence-corrected chi connectivity index (χ3v) is 8.06. The van der Waals surface area contributed by atoms with E-state index in [1.165, 1.54) is 12.4 Å². The van der Waals surface area contributed by atoms with Crippen molar-refractivity contribution in [2.75, 3.05) is 19.6 Å². The SMILES string of the molecule is O=C(CNC(=O)c1cccc(C(F)(F)F)c1)NC1CCN(C2CCC(O)(c3ccc(-c4cncnc4)cc3)CC2)C1. The van der Waals surface area contributed by atoms with Crippen molar-refractivity contribution in [3.63, 3.8) is 0 Å². The molecule has 2 fully saturated rings. The van der Waals surface area contributed by atoms with Crippen LogP contribution in [0.3, 0.4) is 0 Å². The van der Waals surface area contributed by atoms with E-state index in [-0.39, 0.29) is 24.1 Å². The van der Waals surface area contributed by atoms with Crippen LogP contribution in [-0.4, -0.2) is 63.5 Å². The van der Waals surface area contributed by atoms with E-state index in [0.717, 1.165) is 60.7 Å². The topological polar surface area (TPSA) is 107 Å². The van der Waals surface area contributed by atoms with E-state index in [0.29, 0.717) is 25.4 Å². The van der Waals surface area contributed by atoms with Crippen molar-refractivity contribution in [1.29, 1.82) is 0 Å². The quantitative estimate of drug-likeness (QED) is 0.400. The lowest BCUT2D eigenvalue weighted by Crippen LogP contribution is -2.45. The molecule has 2 aromatic carbocycles. The lowest BCUT2D eigenvalue weighted by molar-refractivity contribution is -0.137. The predicted octanol–water partition coefficient (Wildman–Crippen LogP) is 3.91. The fraction of sp³-hybridized carbons (Fsp3) is 0.400. The molecule has 8 nitrogen and oxygen atoms in total. The van der Waals surface area contributed by atoms with E-state index in [2.05, 4.69) is 25.5 Å². The number of nitrogens with zero attached hydrogens (tertiary/aromatic N) is 3. The minimum atomic E-state index is -4.55. The van der Waals surface area contributed by atoms with Gasteiger partial charge in [0.25, 0.3) is 5.91 Å². The van der Waals surface area contributed by atoms with Crippen LogP contribution in [0.15, 0.2) is 67.3 Å². The minimum absolute atomic E-state index is 0.0803. The number of amides is 2. The molecule has 11 heteroatoms. The standard InChI is InChI=1S/C30H32F3N5O3/c31-30(32,33)24-3-1-2-21(14-24)28(40)36-17-27(39)37-25-10-13-38(18-25)26-8-11-29(41,12-9-26)23-6-4-20(5-7-23)22-15-34-19-35-16-22/h1-7,14-16,19,25-26,41H,8-13,17-18H2,(H,36,40)(H,37,39). The molecule has 0 radical (unpaired) electrons. The third-order valence-electron chi connectivity index (χ3n) is 8.06. The number of benzene rings is 2. The molecule has 1 aliphatic heterocycles. The molecule has 5 rings (SSSR count). The van der Waals surface area contributed by atoms with Gasteiger partial charge < -0.3 is 15.7 Å². The highest BCUT2D eigenvalue weighted by molar-refractivity contribution is 5.96. The Morgan fingerprint density at radius 2 is 1.71 bits per heavy atom. The summed E-state index contributed by atoms with van der Waals surface area (Å²) < 4.78 is 38.7. The predicted molar refractivity (Wildman–Crippen MR) is 146 cm³/mol. The smallest absolute Gasteiger partial charge is 0.385 e. The summed E-state index contributed by atoms with van der Waals surface area (Å²) in [6, 6.07) is 12.2. The zero-order chi connectivity index (χ0) is 29.0. The minimum Gasteiger partial charge on any atom is -0.385 e. The van der Waals surface area contributed by atoms with Gasteiger partial charge in [-0.3, -0.25) is 14.5 Å². The van der Waals surface area contributed by atoms with Gasteiger partial charge in [0, 0.05) is 48.7 Å². The number of hydrogen-bond donors (Lipinski definition) is 3.